The molecule has 0 radical (unpaired) electrons. The van der Waals surface area contributed by atoms with E-state index in [1.165, 1.54) is 0 Å². The van der Waals surface area contributed by atoms with Crippen LogP contribution >= 0.6 is 12.2 Å². The van der Waals surface area contributed by atoms with Gasteiger partial charge in [-0.15, -0.1) is 0 Å². The summed E-state index contributed by atoms with van der Waals surface area (Å²) in [7, 11) is 0. The number of rotatable bonds is 3. The molecule has 0 aliphatic heterocycles. The molecule has 3 nitrogen and oxygen atoms in total. The van der Waals surface area contributed by atoms with E-state index in [2.05, 4.69) is 15.8 Å². The minimum Gasteiger partial charge on any atom is -0.331 e. The normalized spacial score (nSPS) is 10.9. The van der Waals surface area contributed by atoms with Gasteiger partial charge in [-0.1, -0.05) is 25.1 Å². The fourth-order valence-corrected chi connectivity index (χ4v) is 1.07. The van der Waals surface area contributed by atoms with Crippen molar-refractivity contribution in [2.24, 2.45) is 5.10 Å². The van der Waals surface area contributed by atoms with Crippen molar-refractivity contribution in [2.45, 2.75) is 20.3 Å². The van der Waals surface area contributed by atoms with E-state index >= 15 is 0 Å². The minimum atomic E-state index is 0.508. The van der Waals surface area contributed by atoms with Crippen molar-refractivity contribution in [3.8, 4) is 0 Å². The Bertz CT molecular complexity index is 346. The van der Waals surface area contributed by atoms with Gasteiger partial charge in [-0.2, -0.15) is 5.10 Å². The predicted octanol–water partition coefficient (Wildman–Crippen LogP) is 2.76. The molecule has 1 rings (SSSR count). The van der Waals surface area contributed by atoms with Crippen molar-refractivity contribution in [2.75, 3.05) is 5.32 Å². The number of anilines is 1. The molecule has 1 aromatic carbocycles. The van der Waals surface area contributed by atoms with Crippen LogP contribution in [0.5, 0.6) is 0 Å². The predicted molar refractivity (Wildman–Crippen MR) is 69.2 cm³/mol. The highest BCUT2D eigenvalue weighted by atomic mass is 32.1. The van der Waals surface area contributed by atoms with Crippen LogP contribution in [0.15, 0.2) is 35.4 Å². The fourth-order valence-electron chi connectivity index (χ4n) is 0.906. The summed E-state index contributed by atoms with van der Waals surface area (Å²) < 4.78 is 0. The maximum absolute atomic E-state index is 5.07. The second-order valence-electron chi connectivity index (χ2n) is 3.13. The van der Waals surface area contributed by atoms with Crippen molar-refractivity contribution in [1.82, 2.24) is 5.43 Å². The number of nitrogens with one attached hydrogen (secondary N) is 2. The lowest BCUT2D eigenvalue weighted by Gasteiger charge is -2.06. The molecular formula is C11H15N3S. The fraction of sp³-hybridized carbons (Fsp3) is 0.273. The number of hydrogen-bond donors (Lipinski definition) is 2. The Labute approximate surface area is 95.6 Å². The lowest BCUT2D eigenvalue weighted by Crippen LogP contribution is -2.24. The second-order valence-corrected chi connectivity index (χ2v) is 3.54. The quantitative estimate of drug-likeness (QED) is 0.468. The number of hydrogen-bond acceptors (Lipinski definition) is 2. The summed E-state index contributed by atoms with van der Waals surface area (Å²) in [6, 6.07) is 9.76. The molecule has 0 aliphatic carbocycles. The topological polar surface area (TPSA) is 36.4 Å². The Balaban J connectivity index is 2.44. The number of para-hydroxylation sites is 1. The second kappa shape index (κ2) is 6.14. The molecule has 4 heteroatoms. The molecule has 0 aromatic heterocycles. The summed E-state index contributed by atoms with van der Waals surface area (Å²) in [5.41, 5.74) is 4.77. The average molecular weight is 221 g/mol. The van der Waals surface area contributed by atoms with Gasteiger partial charge in [0.05, 0.1) is 0 Å². The van der Waals surface area contributed by atoms with Gasteiger partial charge in [-0.3, -0.25) is 5.43 Å². The Kier molecular flexibility index (Phi) is 4.77. The molecule has 0 heterocycles. The number of hydrazone groups is 1. The third-order valence-corrected chi connectivity index (χ3v) is 2.08. The van der Waals surface area contributed by atoms with Crippen LogP contribution in [0.2, 0.25) is 0 Å². The maximum atomic E-state index is 5.07. The highest BCUT2D eigenvalue weighted by molar-refractivity contribution is 7.80. The van der Waals surface area contributed by atoms with Crippen LogP contribution in [0.4, 0.5) is 5.69 Å². The first kappa shape index (κ1) is 11.7. The zero-order valence-electron chi connectivity index (χ0n) is 8.95. The van der Waals surface area contributed by atoms with Gasteiger partial charge >= 0.3 is 0 Å². The zero-order valence-corrected chi connectivity index (χ0v) is 9.77. The van der Waals surface area contributed by atoms with Crippen molar-refractivity contribution in [3.05, 3.63) is 30.3 Å². The van der Waals surface area contributed by atoms with Crippen molar-refractivity contribution < 1.29 is 0 Å². The van der Waals surface area contributed by atoms with E-state index in [-0.39, 0.29) is 0 Å². The van der Waals surface area contributed by atoms with Gasteiger partial charge in [0.25, 0.3) is 0 Å². The number of thiocarbonyl (C=S) groups is 1. The summed E-state index contributed by atoms with van der Waals surface area (Å²) in [6.45, 7) is 4.01. The molecule has 0 saturated heterocycles. The average Bonchev–Trinajstić information content (AvgIpc) is 2.27. The molecule has 15 heavy (non-hydrogen) atoms. The van der Waals surface area contributed by atoms with E-state index in [0.717, 1.165) is 17.8 Å². The summed E-state index contributed by atoms with van der Waals surface area (Å²) >= 11 is 5.07. The molecule has 1 aromatic rings. The lowest BCUT2D eigenvalue weighted by atomic mass is 10.3. The Hall–Kier alpha value is -1.42. The van der Waals surface area contributed by atoms with Gasteiger partial charge in [0, 0.05) is 11.4 Å². The monoisotopic (exact) mass is 221 g/mol. The molecule has 0 unspecified atom stereocenters. The first-order valence-corrected chi connectivity index (χ1v) is 5.28. The largest absolute Gasteiger partial charge is 0.331 e. The van der Waals surface area contributed by atoms with E-state index in [9.17, 15) is 0 Å². The highest BCUT2D eigenvalue weighted by Crippen LogP contribution is 2.04. The zero-order chi connectivity index (χ0) is 11.1. The summed E-state index contributed by atoms with van der Waals surface area (Å²) in [5, 5.41) is 7.64. The minimum absolute atomic E-state index is 0.508. The number of benzene rings is 1. The first-order valence-electron chi connectivity index (χ1n) is 4.87. The molecule has 0 fully saturated rings. The standard InChI is InChI=1S/C11H15N3S/c1-3-9(2)13-14-11(15)12-10-7-5-4-6-8-10/h4-8H,3H2,1-2H3,(H2,12,14,15)/b13-9-. The molecule has 0 bridgehead atoms. The Morgan fingerprint density at radius 1 is 1.33 bits per heavy atom. The first-order chi connectivity index (χ1) is 7.22. The van der Waals surface area contributed by atoms with Crippen LogP contribution in [0.3, 0.4) is 0 Å². The molecule has 80 valence electrons. The van der Waals surface area contributed by atoms with Gasteiger partial charge in [0.2, 0.25) is 0 Å². The van der Waals surface area contributed by atoms with E-state index in [0.29, 0.717) is 5.11 Å². The van der Waals surface area contributed by atoms with Gasteiger partial charge < -0.3 is 5.32 Å². The van der Waals surface area contributed by atoms with Crippen LogP contribution in [0, 0.1) is 0 Å². The van der Waals surface area contributed by atoms with Crippen LogP contribution in [-0.2, 0) is 0 Å². The van der Waals surface area contributed by atoms with Crippen molar-refractivity contribution in [1.29, 1.82) is 0 Å². The van der Waals surface area contributed by atoms with E-state index in [1.807, 2.05) is 44.2 Å². The molecule has 0 aliphatic rings. The van der Waals surface area contributed by atoms with Gasteiger partial charge in [0.15, 0.2) is 5.11 Å². The van der Waals surface area contributed by atoms with E-state index in [1.54, 1.807) is 0 Å². The molecule has 0 amide bonds. The van der Waals surface area contributed by atoms with Crippen LogP contribution in [-0.4, -0.2) is 10.8 Å². The van der Waals surface area contributed by atoms with Gasteiger partial charge in [0.1, 0.15) is 0 Å². The molecule has 2 N–H and O–H groups in total. The Morgan fingerprint density at radius 3 is 2.60 bits per heavy atom. The summed E-state index contributed by atoms with van der Waals surface area (Å²) in [6.07, 6.45) is 0.918. The summed E-state index contributed by atoms with van der Waals surface area (Å²) in [4.78, 5) is 0. The van der Waals surface area contributed by atoms with Gasteiger partial charge in [-0.05, 0) is 37.7 Å². The van der Waals surface area contributed by atoms with E-state index in [4.69, 9.17) is 12.2 Å². The summed E-state index contributed by atoms with van der Waals surface area (Å²) in [5.74, 6) is 0. The van der Waals surface area contributed by atoms with Gasteiger partial charge in [-0.25, -0.2) is 0 Å². The van der Waals surface area contributed by atoms with Crippen LogP contribution < -0.4 is 10.7 Å². The smallest absolute Gasteiger partial charge is 0.191 e. The molecule has 0 saturated carbocycles. The lowest BCUT2D eigenvalue weighted by molar-refractivity contribution is 1.02. The van der Waals surface area contributed by atoms with Crippen molar-refractivity contribution >= 4 is 28.7 Å². The molecule has 0 spiro atoms. The van der Waals surface area contributed by atoms with Crippen molar-refractivity contribution in [3.63, 3.8) is 0 Å². The number of nitrogens with zero attached hydrogens (tertiary/aromatic N) is 1. The Morgan fingerprint density at radius 2 is 2.00 bits per heavy atom. The third kappa shape index (κ3) is 4.56. The molecule has 0 atom stereocenters. The molecular weight excluding hydrogens is 206 g/mol. The third-order valence-electron chi connectivity index (χ3n) is 1.89. The SMILES string of the molecule is CC/C(C)=N\NC(=S)Nc1ccccc1. The van der Waals surface area contributed by atoms with Crippen LogP contribution in [0.25, 0.3) is 0 Å². The maximum Gasteiger partial charge on any atom is 0.191 e. The highest BCUT2D eigenvalue weighted by Gasteiger charge is 1.94. The van der Waals surface area contributed by atoms with Crippen LogP contribution in [0.1, 0.15) is 20.3 Å². The van der Waals surface area contributed by atoms with E-state index < -0.39 is 0 Å².